The molecule has 0 atom stereocenters. The molecule has 0 spiro atoms. The predicted molar refractivity (Wildman–Crippen MR) is 82.1 cm³/mol. The third kappa shape index (κ3) is 3.49. The van der Waals surface area contributed by atoms with E-state index in [2.05, 4.69) is 15.9 Å². The van der Waals surface area contributed by atoms with Gasteiger partial charge in [0.1, 0.15) is 11.5 Å². The molecule has 1 N–H and O–H groups in total. The Morgan fingerprint density at radius 2 is 1.76 bits per heavy atom. The number of ketones is 2. The highest BCUT2D eigenvalue weighted by atomic mass is 79.9. The van der Waals surface area contributed by atoms with Gasteiger partial charge in [0.15, 0.2) is 11.6 Å². The van der Waals surface area contributed by atoms with Crippen LogP contribution in [0.5, 0.6) is 11.5 Å². The summed E-state index contributed by atoms with van der Waals surface area (Å²) in [7, 11) is 1.47. The van der Waals surface area contributed by atoms with Crippen molar-refractivity contribution in [1.29, 1.82) is 0 Å². The number of phenolic OH excluding ortho intramolecular Hbond substituents is 1. The van der Waals surface area contributed by atoms with Gasteiger partial charge in [-0.1, -0.05) is 28.1 Å². The van der Waals surface area contributed by atoms with Crippen LogP contribution >= 0.6 is 15.9 Å². The Morgan fingerprint density at radius 3 is 2.48 bits per heavy atom. The Bertz CT molecular complexity index is 694. The Hall–Kier alpha value is -2.14. The van der Waals surface area contributed by atoms with Gasteiger partial charge in [-0.3, -0.25) is 9.59 Å². The fourth-order valence-corrected chi connectivity index (χ4v) is 2.30. The van der Waals surface area contributed by atoms with Crippen LogP contribution in [0.15, 0.2) is 46.9 Å². The fraction of sp³-hybridized carbons (Fsp3) is 0.125. The first-order valence-electron chi connectivity index (χ1n) is 6.21. The van der Waals surface area contributed by atoms with Gasteiger partial charge in [-0.25, -0.2) is 0 Å². The second-order valence-electron chi connectivity index (χ2n) is 4.38. The minimum Gasteiger partial charge on any atom is -0.507 e. The van der Waals surface area contributed by atoms with Gasteiger partial charge in [-0.05, 0) is 30.3 Å². The van der Waals surface area contributed by atoms with Gasteiger partial charge in [0.2, 0.25) is 0 Å². The molecule has 4 nitrogen and oxygen atoms in total. The van der Waals surface area contributed by atoms with Crippen LogP contribution < -0.4 is 4.74 Å². The van der Waals surface area contributed by atoms with Crippen LogP contribution in [-0.2, 0) is 0 Å². The molecule has 0 aliphatic heterocycles. The Kier molecular flexibility index (Phi) is 4.75. The summed E-state index contributed by atoms with van der Waals surface area (Å²) in [6, 6.07) is 11.2. The average molecular weight is 349 g/mol. The highest BCUT2D eigenvalue weighted by Gasteiger charge is 2.19. The lowest BCUT2D eigenvalue weighted by molar-refractivity contribution is 0.0891. The van der Waals surface area contributed by atoms with Crippen molar-refractivity contribution in [3.63, 3.8) is 0 Å². The van der Waals surface area contributed by atoms with Crippen LogP contribution in [0.4, 0.5) is 0 Å². The molecule has 0 aliphatic rings. The zero-order valence-corrected chi connectivity index (χ0v) is 12.9. The first kappa shape index (κ1) is 15.3. The molecule has 0 fully saturated rings. The number of ether oxygens (including phenoxy) is 1. The number of carbonyl (C=O) groups excluding carboxylic acids is 2. The van der Waals surface area contributed by atoms with E-state index < -0.39 is 5.78 Å². The van der Waals surface area contributed by atoms with Crippen LogP contribution in [0.25, 0.3) is 0 Å². The SMILES string of the molecule is COc1ccccc1C(=O)CC(=O)c1cc(Br)ccc1O. The van der Waals surface area contributed by atoms with E-state index in [-0.39, 0.29) is 23.5 Å². The van der Waals surface area contributed by atoms with E-state index in [0.717, 1.165) is 0 Å². The molecule has 21 heavy (non-hydrogen) atoms. The van der Waals surface area contributed by atoms with Crippen molar-refractivity contribution in [1.82, 2.24) is 0 Å². The van der Waals surface area contributed by atoms with Crippen molar-refractivity contribution in [2.45, 2.75) is 6.42 Å². The van der Waals surface area contributed by atoms with Crippen LogP contribution in [0, 0.1) is 0 Å². The molecule has 0 radical (unpaired) electrons. The number of methoxy groups -OCH3 is 1. The molecule has 0 aliphatic carbocycles. The quantitative estimate of drug-likeness (QED) is 0.662. The maximum Gasteiger partial charge on any atom is 0.174 e. The maximum atomic E-state index is 12.2. The van der Waals surface area contributed by atoms with E-state index in [0.29, 0.717) is 15.8 Å². The van der Waals surface area contributed by atoms with E-state index in [9.17, 15) is 14.7 Å². The summed E-state index contributed by atoms with van der Waals surface area (Å²) in [6.07, 6.45) is -0.329. The van der Waals surface area contributed by atoms with Crippen LogP contribution in [0.2, 0.25) is 0 Å². The number of hydrogen-bond donors (Lipinski definition) is 1. The minimum atomic E-state index is -0.440. The van der Waals surface area contributed by atoms with Crippen LogP contribution in [0.3, 0.4) is 0 Å². The van der Waals surface area contributed by atoms with Gasteiger partial charge in [0.25, 0.3) is 0 Å². The molecule has 0 amide bonds. The number of aromatic hydroxyl groups is 1. The number of Topliss-reactive ketones (excluding diaryl/α,β-unsaturated/α-hetero) is 2. The summed E-state index contributed by atoms with van der Waals surface area (Å²) in [4.78, 5) is 24.4. The largest absolute Gasteiger partial charge is 0.507 e. The molecular formula is C16H13BrO4. The van der Waals surface area contributed by atoms with Crippen LogP contribution in [0.1, 0.15) is 27.1 Å². The molecular weight excluding hydrogens is 336 g/mol. The van der Waals surface area contributed by atoms with Gasteiger partial charge < -0.3 is 9.84 Å². The number of carbonyl (C=O) groups is 2. The molecule has 0 bridgehead atoms. The van der Waals surface area contributed by atoms with Crippen molar-refractivity contribution >= 4 is 27.5 Å². The molecule has 0 heterocycles. The summed E-state index contributed by atoms with van der Waals surface area (Å²) in [6.45, 7) is 0. The molecule has 2 aromatic carbocycles. The Morgan fingerprint density at radius 1 is 1.10 bits per heavy atom. The average Bonchev–Trinajstić information content (AvgIpc) is 2.49. The smallest absolute Gasteiger partial charge is 0.174 e. The van der Waals surface area contributed by atoms with E-state index >= 15 is 0 Å². The monoisotopic (exact) mass is 348 g/mol. The predicted octanol–water partition coefficient (Wildman–Crippen LogP) is 3.62. The van der Waals surface area contributed by atoms with Crippen LogP contribution in [-0.4, -0.2) is 23.8 Å². The first-order valence-corrected chi connectivity index (χ1v) is 7.00. The molecule has 0 saturated heterocycles. The van der Waals surface area contributed by atoms with Crippen molar-refractivity contribution < 1.29 is 19.4 Å². The zero-order chi connectivity index (χ0) is 15.4. The molecule has 0 saturated carbocycles. The van der Waals surface area contributed by atoms with Gasteiger partial charge in [0, 0.05) is 4.47 Å². The normalized spacial score (nSPS) is 10.2. The number of benzene rings is 2. The summed E-state index contributed by atoms with van der Waals surface area (Å²) in [5.74, 6) is -0.508. The lowest BCUT2D eigenvalue weighted by Gasteiger charge is -2.07. The summed E-state index contributed by atoms with van der Waals surface area (Å²) in [5.41, 5.74) is 0.468. The molecule has 0 aromatic heterocycles. The third-order valence-electron chi connectivity index (χ3n) is 2.99. The topological polar surface area (TPSA) is 63.6 Å². The molecule has 0 unspecified atom stereocenters. The Labute approximate surface area is 130 Å². The van der Waals surface area contributed by atoms with Gasteiger partial charge in [-0.2, -0.15) is 0 Å². The third-order valence-corrected chi connectivity index (χ3v) is 3.48. The van der Waals surface area contributed by atoms with Gasteiger partial charge in [0.05, 0.1) is 24.7 Å². The van der Waals surface area contributed by atoms with Crippen molar-refractivity contribution in [2.75, 3.05) is 7.11 Å². The maximum absolute atomic E-state index is 12.2. The summed E-state index contributed by atoms with van der Waals surface area (Å²) in [5, 5.41) is 9.71. The summed E-state index contributed by atoms with van der Waals surface area (Å²) < 4.78 is 5.77. The van der Waals surface area contributed by atoms with E-state index in [4.69, 9.17) is 4.74 Å². The van der Waals surface area contributed by atoms with Crippen molar-refractivity contribution in [3.05, 3.63) is 58.1 Å². The van der Waals surface area contributed by atoms with Crippen molar-refractivity contribution in [3.8, 4) is 11.5 Å². The molecule has 2 rings (SSSR count). The number of para-hydroxylation sites is 1. The molecule has 108 valence electrons. The van der Waals surface area contributed by atoms with E-state index in [1.165, 1.54) is 19.2 Å². The standard InChI is InChI=1S/C16H13BrO4/c1-21-16-5-3-2-4-11(16)14(19)9-15(20)12-8-10(17)6-7-13(12)18/h2-8,18H,9H2,1H3. The highest BCUT2D eigenvalue weighted by molar-refractivity contribution is 9.10. The van der Waals surface area contributed by atoms with Gasteiger partial charge >= 0.3 is 0 Å². The minimum absolute atomic E-state index is 0.118. The van der Waals surface area contributed by atoms with Crippen molar-refractivity contribution in [2.24, 2.45) is 0 Å². The number of rotatable bonds is 5. The summed E-state index contributed by atoms with van der Waals surface area (Å²) >= 11 is 3.23. The second kappa shape index (κ2) is 6.54. The lowest BCUT2D eigenvalue weighted by atomic mass is 10.0. The number of phenols is 1. The van der Waals surface area contributed by atoms with E-state index in [1.54, 1.807) is 30.3 Å². The molecule has 2 aromatic rings. The number of halogens is 1. The zero-order valence-electron chi connectivity index (χ0n) is 11.3. The van der Waals surface area contributed by atoms with Gasteiger partial charge in [-0.15, -0.1) is 0 Å². The second-order valence-corrected chi connectivity index (χ2v) is 5.30. The highest BCUT2D eigenvalue weighted by Crippen LogP contribution is 2.25. The molecule has 5 heteroatoms. The van der Waals surface area contributed by atoms with E-state index in [1.807, 2.05) is 0 Å². The Balaban J connectivity index is 2.23. The first-order chi connectivity index (χ1) is 10.0. The lowest BCUT2D eigenvalue weighted by Crippen LogP contribution is -2.10. The number of hydrogen-bond acceptors (Lipinski definition) is 4. The fourth-order valence-electron chi connectivity index (χ4n) is 1.94.